The topological polar surface area (TPSA) is 65.5 Å². The monoisotopic (exact) mass is 422 g/mol. The van der Waals surface area contributed by atoms with Gasteiger partial charge in [-0.2, -0.15) is 0 Å². The summed E-state index contributed by atoms with van der Waals surface area (Å²) >= 11 is 1.77. The fourth-order valence-corrected chi connectivity index (χ4v) is 5.57. The number of pyridine rings is 1. The van der Waals surface area contributed by atoms with Crippen molar-refractivity contribution in [2.24, 2.45) is 0 Å². The Morgan fingerprint density at radius 2 is 2.03 bits per heavy atom. The first kappa shape index (κ1) is 19.4. The van der Waals surface area contributed by atoms with Crippen LogP contribution < -0.4 is 4.90 Å². The lowest BCUT2D eigenvalue weighted by molar-refractivity contribution is -0.131. The number of fused-ring (bicyclic) bond motifs is 3. The molecule has 0 N–H and O–H groups in total. The van der Waals surface area contributed by atoms with Crippen LogP contribution in [0.3, 0.4) is 0 Å². The van der Waals surface area contributed by atoms with Crippen LogP contribution in [0.15, 0.2) is 24.5 Å². The van der Waals surface area contributed by atoms with E-state index in [4.69, 9.17) is 9.97 Å². The molecule has 0 aromatic carbocycles. The Hall–Kier alpha value is -2.58. The Morgan fingerprint density at radius 1 is 1.20 bits per heavy atom. The summed E-state index contributed by atoms with van der Waals surface area (Å²) in [6, 6.07) is 3.88. The number of aryl methyl sites for hydroxylation is 2. The molecule has 156 valence electrons. The molecule has 3 aromatic rings. The average molecular weight is 423 g/mol. The number of carbonyl (C=O) groups is 1. The molecule has 0 radical (unpaired) electrons. The van der Waals surface area contributed by atoms with Gasteiger partial charge in [0.25, 0.3) is 0 Å². The number of thiophene rings is 1. The normalized spacial score (nSPS) is 16.8. The van der Waals surface area contributed by atoms with Crippen LogP contribution in [0.2, 0.25) is 0 Å². The fraction of sp³-hybridized carbons (Fsp3) is 0.455. The summed E-state index contributed by atoms with van der Waals surface area (Å²) in [6.07, 6.45) is 6.91. The number of rotatable bonds is 4. The van der Waals surface area contributed by atoms with Crippen molar-refractivity contribution in [2.45, 2.75) is 19.3 Å². The van der Waals surface area contributed by atoms with Crippen molar-refractivity contribution in [1.29, 1.82) is 0 Å². The summed E-state index contributed by atoms with van der Waals surface area (Å²) in [6.45, 7) is 3.76. The number of aromatic nitrogens is 3. The van der Waals surface area contributed by atoms with Gasteiger partial charge >= 0.3 is 0 Å². The number of piperazine rings is 1. The van der Waals surface area contributed by atoms with Crippen LogP contribution in [0.5, 0.6) is 0 Å². The Morgan fingerprint density at radius 3 is 2.80 bits per heavy atom. The van der Waals surface area contributed by atoms with E-state index in [1.165, 1.54) is 16.9 Å². The quantitative estimate of drug-likeness (QED) is 0.644. The molecule has 3 aromatic heterocycles. The average Bonchev–Trinajstić information content (AvgIpc) is 3.35. The highest BCUT2D eigenvalue weighted by molar-refractivity contribution is 7.19. The summed E-state index contributed by atoms with van der Waals surface area (Å²) in [5, 5.41) is 1.13. The molecule has 8 heteroatoms. The van der Waals surface area contributed by atoms with Gasteiger partial charge in [0.05, 0.1) is 11.9 Å². The first-order valence-corrected chi connectivity index (χ1v) is 11.3. The highest BCUT2D eigenvalue weighted by Gasteiger charge is 2.26. The van der Waals surface area contributed by atoms with Gasteiger partial charge in [0, 0.05) is 56.1 Å². The number of hydrogen-bond acceptors (Lipinski definition) is 7. The Balaban J connectivity index is 1.51. The molecule has 7 nitrogen and oxygen atoms in total. The van der Waals surface area contributed by atoms with Crippen molar-refractivity contribution in [3.8, 4) is 11.4 Å². The number of amides is 1. The largest absolute Gasteiger partial charge is 0.350 e. The molecule has 0 saturated carbocycles. The van der Waals surface area contributed by atoms with Crippen LogP contribution in [0, 0.1) is 0 Å². The van der Waals surface area contributed by atoms with Crippen molar-refractivity contribution < 1.29 is 4.79 Å². The first-order valence-electron chi connectivity index (χ1n) is 10.5. The summed E-state index contributed by atoms with van der Waals surface area (Å²) in [4.78, 5) is 35.7. The Bertz CT molecular complexity index is 1070. The summed E-state index contributed by atoms with van der Waals surface area (Å²) in [7, 11) is 4.07. The van der Waals surface area contributed by atoms with E-state index in [1.807, 2.05) is 29.0 Å². The van der Waals surface area contributed by atoms with E-state index in [0.717, 1.165) is 60.6 Å². The first-order chi connectivity index (χ1) is 14.6. The summed E-state index contributed by atoms with van der Waals surface area (Å²) < 4.78 is 0. The Labute approximate surface area is 180 Å². The summed E-state index contributed by atoms with van der Waals surface area (Å²) in [5.74, 6) is 1.69. The molecule has 1 amide bonds. The van der Waals surface area contributed by atoms with E-state index >= 15 is 0 Å². The molecule has 30 heavy (non-hydrogen) atoms. The Kier molecular flexibility index (Phi) is 5.12. The third-order valence-corrected chi connectivity index (χ3v) is 7.24. The molecule has 0 bridgehead atoms. The molecule has 0 atom stereocenters. The lowest BCUT2D eigenvalue weighted by atomic mass is 10.1. The van der Waals surface area contributed by atoms with Gasteiger partial charge in [-0.15, -0.1) is 11.3 Å². The van der Waals surface area contributed by atoms with Gasteiger partial charge in [0.1, 0.15) is 10.6 Å². The SMILES string of the molecule is CN1CCN(C(=O)CN(C)c2nc(-c3cccnc3)nc3sc4c(c23)CCC4)CC1. The molecule has 2 aliphatic rings. The van der Waals surface area contributed by atoms with Crippen LogP contribution in [0.25, 0.3) is 21.6 Å². The molecule has 1 aliphatic carbocycles. The van der Waals surface area contributed by atoms with Crippen molar-refractivity contribution >= 4 is 33.3 Å². The zero-order valence-corrected chi connectivity index (χ0v) is 18.3. The van der Waals surface area contributed by atoms with E-state index in [0.29, 0.717) is 12.4 Å². The lowest BCUT2D eigenvalue weighted by Crippen LogP contribution is -2.49. The third kappa shape index (κ3) is 3.54. The van der Waals surface area contributed by atoms with Gasteiger partial charge in [-0.05, 0) is 44.0 Å². The van der Waals surface area contributed by atoms with E-state index in [9.17, 15) is 4.79 Å². The standard InChI is InChI=1S/C22H26N6OS/c1-26-9-11-28(12-10-26)18(29)14-27(2)21-19-16-6-3-7-17(16)30-22(19)25-20(24-21)15-5-4-8-23-13-15/h4-5,8,13H,3,6-7,9-12,14H2,1-2H3. The van der Waals surface area contributed by atoms with Crippen molar-refractivity contribution in [3.05, 3.63) is 35.0 Å². The molecule has 1 fully saturated rings. The van der Waals surface area contributed by atoms with Gasteiger partial charge in [-0.25, -0.2) is 9.97 Å². The zero-order valence-electron chi connectivity index (χ0n) is 17.5. The fourth-order valence-electron chi connectivity index (χ4n) is 4.31. The van der Waals surface area contributed by atoms with E-state index in [2.05, 4.69) is 16.9 Å². The second-order valence-electron chi connectivity index (χ2n) is 8.19. The van der Waals surface area contributed by atoms with E-state index < -0.39 is 0 Å². The number of nitrogens with zero attached hydrogens (tertiary/aromatic N) is 6. The number of carbonyl (C=O) groups excluding carboxylic acids is 1. The molecule has 4 heterocycles. The molecule has 0 spiro atoms. The van der Waals surface area contributed by atoms with Crippen molar-refractivity contribution in [2.75, 3.05) is 51.7 Å². The van der Waals surface area contributed by atoms with E-state index in [1.54, 1.807) is 23.7 Å². The molecule has 1 aliphatic heterocycles. The van der Waals surface area contributed by atoms with Gasteiger partial charge in [-0.3, -0.25) is 9.78 Å². The highest BCUT2D eigenvalue weighted by Crippen LogP contribution is 2.41. The molecule has 1 saturated heterocycles. The molecular weight excluding hydrogens is 396 g/mol. The number of likely N-dealkylation sites (N-methyl/N-ethyl adjacent to an activating group) is 2. The lowest BCUT2D eigenvalue weighted by Gasteiger charge is -2.33. The van der Waals surface area contributed by atoms with Crippen LogP contribution in [-0.4, -0.2) is 77.5 Å². The molecular formula is C22H26N6OS. The maximum Gasteiger partial charge on any atom is 0.242 e. The van der Waals surface area contributed by atoms with Gasteiger partial charge in [0.15, 0.2) is 5.82 Å². The predicted octanol–water partition coefficient (Wildman–Crippen LogP) is 2.45. The zero-order chi connectivity index (χ0) is 20.7. The van der Waals surface area contributed by atoms with Gasteiger partial charge < -0.3 is 14.7 Å². The van der Waals surface area contributed by atoms with Crippen molar-refractivity contribution in [3.63, 3.8) is 0 Å². The minimum atomic E-state index is 0.159. The number of anilines is 1. The van der Waals surface area contributed by atoms with Gasteiger partial charge in [0.2, 0.25) is 5.91 Å². The third-order valence-electron chi connectivity index (χ3n) is 6.06. The number of hydrogen-bond donors (Lipinski definition) is 0. The predicted molar refractivity (Wildman–Crippen MR) is 120 cm³/mol. The van der Waals surface area contributed by atoms with Crippen LogP contribution >= 0.6 is 11.3 Å². The second-order valence-corrected chi connectivity index (χ2v) is 9.27. The van der Waals surface area contributed by atoms with Crippen LogP contribution in [0.1, 0.15) is 16.9 Å². The molecule has 5 rings (SSSR count). The van der Waals surface area contributed by atoms with Gasteiger partial charge in [-0.1, -0.05) is 0 Å². The molecule has 0 unspecified atom stereocenters. The minimum absolute atomic E-state index is 0.159. The van der Waals surface area contributed by atoms with Crippen LogP contribution in [0.4, 0.5) is 5.82 Å². The second kappa shape index (κ2) is 7.92. The maximum absolute atomic E-state index is 13.0. The highest BCUT2D eigenvalue weighted by atomic mass is 32.1. The van der Waals surface area contributed by atoms with Crippen LogP contribution in [-0.2, 0) is 17.6 Å². The maximum atomic E-state index is 13.0. The van der Waals surface area contributed by atoms with Crippen molar-refractivity contribution in [1.82, 2.24) is 24.8 Å². The van der Waals surface area contributed by atoms with E-state index in [-0.39, 0.29) is 5.91 Å². The summed E-state index contributed by atoms with van der Waals surface area (Å²) in [5.41, 5.74) is 2.27. The minimum Gasteiger partial charge on any atom is -0.350 e. The smallest absolute Gasteiger partial charge is 0.242 e.